The molecule has 120 valence electrons. The molecule has 0 aromatic heterocycles. The SMILES string of the molecule is COc1ccc(Br)c(C(=O)Nc2cc(NC(C)=O)ccc2Cl)c1. The zero-order chi connectivity index (χ0) is 17.0. The molecule has 0 fully saturated rings. The molecule has 2 rings (SSSR count). The third kappa shape index (κ3) is 4.46. The van der Waals surface area contributed by atoms with Crippen LogP contribution in [0.15, 0.2) is 40.9 Å². The number of rotatable bonds is 4. The molecule has 23 heavy (non-hydrogen) atoms. The summed E-state index contributed by atoms with van der Waals surface area (Å²) >= 11 is 9.43. The van der Waals surface area contributed by atoms with Gasteiger partial charge in [0.1, 0.15) is 5.75 Å². The lowest BCUT2D eigenvalue weighted by Crippen LogP contribution is -2.14. The standard InChI is InChI=1S/C16H14BrClN2O3/c1-9(21)19-10-3-6-14(18)15(7-10)20-16(22)12-8-11(23-2)4-5-13(12)17/h3-8H,1-2H3,(H,19,21)(H,20,22). The van der Waals surface area contributed by atoms with Gasteiger partial charge in [-0.25, -0.2) is 0 Å². The van der Waals surface area contributed by atoms with Crippen LogP contribution in [0, 0.1) is 0 Å². The first-order valence-corrected chi connectivity index (χ1v) is 7.80. The Morgan fingerprint density at radius 3 is 2.52 bits per heavy atom. The van der Waals surface area contributed by atoms with Crippen LogP contribution in [0.4, 0.5) is 11.4 Å². The topological polar surface area (TPSA) is 67.4 Å². The van der Waals surface area contributed by atoms with Crippen molar-refractivity contribution >= 4 is 50.7 Å². The average molecular weight is 398 g/mol. The Kier molecular flexibility index (Phi) is 5.63. The van der Waals surface area contributed by atoms with E-state index in [0.29, 0.717) is 32.2 Å². The van der Waals surface area contributed by atoms with Crippen molar-refractivity contribution in [1.82, 2.24) is 0 Å². The van der Waals surface area contributed by atoms with Gasteiger partial charge in [-0.2, -0.15) is 0 Å². The minimum atomic E-state index is -0.349. The van der Waals surface area contributed by atoms with Gasteiger partial charge in [-0.05, 0) is 52.3 Å². The summed E-state index contributed by atoms with van der Waals surface area (Å²) in [5.41, 5.74) is 1.35. The molecule has 7 heteroatoms. The summed E-state index contributed by atoms with van der Waals surface area (Å²) in [6.45, 7) is 1.40. The summed E-state index contributed by atoms with van der Waals surface area (Å²) in [7, 11) is 1.53. The zero-order valence-electron chi connectivity index (χ0n) is 12.4. The van der Waals surface area contributed by atoms with Crippen LogP contribution in [0.1, 0.15) is 17.3 Å². The highest BCUT2D eigenvalue weighted by Crippen LogP contribution is 2.28. The van der Waals surface area contributed by atoms with E-state index in [1.165, 1.54) is 14.0 Å². The van der Waals surface area contributed by atoms with Crippen molar-refractivity contribution in [2.45, 2.75) is 6.92 Å². The minimum absolute atomic E-state index is 0.208. The Hall–Kier alpha value is -2.05. The lowest BCUT2D eigenvalue weighted by Gasteiger charge is -2.11. The molecule has 5 nitrogen and oxygen atoms in total. The second-order valence-electron chi connectivity index (χ2n) is 4.68. The number of benzene rings is 2. The van der Waals surface area contributed by atoms with Gasteiger partial charge in [-0.3, -0.25) is 9.59 Å². The Balaban J connectivity index is 2.28. The van der Waals surface area contributed by atoms with Crippen molar-refractivity contribution in [2.24, 2.45) is 0 Å². The highest BCUT2D eigenvalue weighted by molar-refractivity contribution is 9.10. The molecule has 0 unspecified atom stereocenters. The average Bonchev–Trinajstić information content (AvgIpc) is 2.50. The van der Waals surface area contributed by atoms with E-state index in [2.05, 4.69) is 26.6 Å². The second kappa shape index (κ2) is 7.48. The number of halogens is 2. The van der Waals surface area contributed by atoms with E-state index in [4.69, 9.17) is 16.3 Å². The fourth-order valence-corrected chi connectivity index (χ4v) is 2.49. The van der Waals surface area contributed by atoms with Crippen LogP contribution in [0.2, 0.25) is 5.02 Å². The number of amides is 2. The first-order valence-electron chi connectivity index (χ1n) is 6.62. The van der Waals surface area contributed by atoms with Crippen molar-refractivity contribution in [2.75, 3.05) is 17.7 Å². The van der Waals surface area contributed by atoms with E-state index in [1.54, 1.807) is 36.4 Å². The number of ether oxygens (including phenoxy) is 1. The normalized spacial score (nSPS) is 10.1. The number of methoxy groups -OCH3 is 1. The van der Waals surface area contributed by atoms with E-state index in [1.807, 2.05) is 0 Å². The van der Waals surface area contributed by atoms with Crippen LogP contribution in [0.5, 0.6) is 5.75 Å². The van der Waals surface area contributed by atoms with E-state index in [9.17, 15) is 9.59 Å². The Morgan fingerprint density at radius 2 is 1.87 bits per heavy atom. The van der Waals surface area contributed by atoms with Crippen molar-refractivity contribution in [3.05, 3.63) is 51.5 Å². The molecular weight excluding hydrogens is 384 g/mol. The van der Waals surface area contributed by atoms with Gasteiger partial charge in [0.05, 0.1) is 23.4 Å². The van der Waals surface area contributed by atoms with Crippen LogP contribution >= 0.6 is 27.5 Å². The van der Waals surface area contributed by atoms with Crippen LogP contribution in [-0.2, 0) is 4.79 Å². The van der Waals surface area contributed by atoms with Crippen molar-refractivity contribution in [3.63, 3.8) is 0 Å². The zero-order valence-corrected chi connectivity index (χ0v) is 14.8. The van der Waals surface area contributed by atoms with E-state index < -0.39 is 0 Å². The van der Waals surface area contributed by atoms with E-state index in [-0.39, 0.29) is 11.8 Å². The fourth-order valence-electron chi connectivity index (χ4n) is 1.90. The fraction of sp³-hybridized carbons (Fsp3) is 0.125. The molecule has 0 saturated carbocycles. The number of hydrogen-bond acceptors (Lipinski definition) is 3. The highest BCUT2D eigenvalue weighted by atomic mass is 79.9. The lowest BCUT2D eigenvalue weighted by molar-refractivity contribution is -0.114. The first kappa shape index (κ1) is 17.3. The molecule has 0 spiro atoms. The van der Waals surface area contributed by atoms with Crippen LogP contribution < -0.4 is 15.4 Å². The minimum Gasteiger partial charge on any atom is -0.497 e. The maximum absolute atomic E-state index is 12.4. The molecule has 0 saturated heterocycles. The lowest BCUT2D eigenvalue weighted by atomic mass is 10.2. The van der Waals surface area contributed by atoms with Crippen molar-refractivity contribution in [1.29, 1.82) is 0 Å². The highest BCUT2D eigenvalue weighted by Gasteiger charge is 2.14. The van der Waals surface area contributed by atoms with Gasteiger partial charge >= 0.3 is 0 Å². The maximum Gasteiger partial charge on any atom is 0.256 e. The predicted octanol–water partition coefficient (Wildman–Crippen LogP) is 4.32. The Bertz CT molecular complexity index is 765. The van der Waals surface area contributed by atoms with E-state index in [0.717, 1.165) is 0 Å². The van der Waals surface area contributed by atoms with Crippen LogP contribution in [0.3, 0.4) is 0 Å². The number of nitrogens with one attached hydrogen (secondary N) is 2. The molecule has 2 aromatic carbocycles. The summed E-state index contributed by atoms with van der Waals surface area (Å²) in [6, 6.07) is 9.93. The number of hydrogen-bond donors (Lipinski definition) is 2. The molecule has 2 N–H and O–H groups in total. The smallest absolute Gasteiger partial charge is 0.256 e. The van der Waals surface area contributed by atoms with Crippen molar-refractivity contribution in [3.8, 4) is 5.75 Å². The molecule has 0 aliphatic rings. The maximum atomic E-state index is 12.4. The molecule has 0 radical (unpaired) electrons. The van der Waals surface area contributed by atoms with Gasteiger partial charge in [0.15, 0.2) is 0 Å². The molecule has 2 amide bonds. The molecule has 0 atom stereocenters. The Labute approximate surface area is 147 Å². The van der Waals surface area contributed by atoms with Gasteiger partial charge in [0, 0.05) is 17.1 Å². The number of carbonyl (C=O) groups is 2. The largest absolute Gasteiger partial charge is 0.497 e. The summed E-state index contributed by atoms with van der Waals surface area (Å²) in [5, 5.41) is 5.73. The Morgan fingerprint density at radius 1 is 1.13 bits per heavy atom. The van der Waals surface area contributed by atoms with E-state index >= 15 is 0 Å². The molecule has 0 aliphatic heterocycles. The summed E-state index contributed by atoms with van der Waals surface area (Å²) in [6.07, 6.45) is 0. The third-order valence-electron chi connectivity index (χ3n) is 2.95. The summed E-state index contributed by atoms with van der Waals surface area (Å²) in [5.74, 6) is 0.00855. The summed E-state index contributed by atoms with van der Waals surface area (Å²) < 4.78 is 5.75. The van der Waals surface area contributed by atoms with Gasteiger partial charge in [0.25, 0.3) is 5.91 Å². The van der Waals surface area contributed by atoms with Crippen LogP contribution in [0.25, 0.3) is 0 Å². The van der Waals surface area contributed by atoms with Crippen molar-refractivity contribution < 1.29 is 14.3 Å². The van der Waals surface area contributed by atoms with Gasteiger partial charge in [0.2, 0.25) is 5.91 Å². The quantitative estimate of drug-likeness (QED) is 0.807. The molecule has 0 heterocycles. The number of carbonyl (C=O) groups excluding carboxylic acids is 2. The predicted molar refractivity (Wildman–Crippen MR) is 94.4 cm³/mol. The summed E-state index contributed by atoms with van der Waals surface area (Å²) in [4.78, 5) is 23.6. The third-order valence-corrected chi connectivity index (χ3v) is 3.97. The monoisotopic (exact) mass is 396 g/mol. The van der Waals surface area contributed by atoms with Gasteiger partial charge < -0.3 is 15.4 Å². The first-order chi connectivity index (χ1) is 10.9. The number of anilines is 2. The molecule has 2 aromatic rings. The van der Waals surface area contributed by atoms with Gasteiger partial charge in [-0.1, -0.05) is 11.6 Å². The van der Waals surface area contributed by atoms with Crippen LogP contribution in [-0.4, -0.2) is 18.9 Å². The molecule has 0 aliphatic carbocycles. The van der Waals surface area contributed by atoms with Gasteiger partial charge in [-0.15, -0.1) is 0 Å². The second-order valence-corrected chi connectivity index (χ2v) is 5.94. The molecule has 0 bridgehead atoms. The molecular formula is C16H14BrClN2O3.